The average Bonchev–Trinajstić information content (AvgIpc) is 3.08. The number of rotatable bonds is 4. The number of fused-ring (bicyclic) bond motifs is 12. The first-order valence-electron chi connectivity index (χ1n) is 16.1. The summed E-state index contributed by atoms with van der Waals surface area (Å²) in [5, 5.41) is 12.5. The second-order valence-corrected chi connectivity index (χ2v) is 11.3. The third-order valence-electron chi connectivity index (χ3n) is 7.52. The van der Waals surface area contributed by atoms with Crippen LogP contribution in [0.25, 0.3) is 0 Å². The van der Waals surface area contributed by atoms with Crippen molar-refractivity contribution in [2.45, 2.75) is 70.1 Å². The van der Waals surface area contributed by atoms with E-state index in [0.717, 1.165) is 62.4 Å². The smallest absolute Gasteiger partial charge is 0.422 e. The van der Waals surface area contributed by atoms with E-state index >= 15 is 0 Å². The molecule has 2 aromatic carbocycles. The summed E-state index contributed by atoms with van der Waals surface area (Å²) >= 11 is 0. The molecule has 14 heteroatoms. The van der Waals surface area contributed by atoms with Gasteiger partial charge in [0.25, 0.3) is 0 Å². The Kier molecular flexibility index (Phi) is 14.3. The van der Waals surface area contributed by atoms with Crippen LogP contribution in [0.5, 0.6) is 17.5 Å². The zero-order valence-corrected chi connectivity index (χ0v) is 26.7. The van der Waals surface area contributed by atoms with E-state index in [2.05, 4.69) is 36.2 Å². The number of nitrogens with one attached hydrogen (secondary N) is 4. The fourth-order valence-electron chi connectivity index (χ4n) is 4.93. The van der Waals surface area contributed by atoms with E-state index in [4.69, 9.17) is 14.2 Å². The summed E-state index contributed by atoms with van der Waals surface area (Å²) in [5.74, 6) is 1.12. The topological polar surface area (TPSA) is 132 Å². The monoisotopic (exact) mass is 659 g/mol. The van der Waals surface area contributed by atoms with Crippen molar-refractivity contribution in [1.82, 2.24) is 25.6 Å². The number of anilines is 3. The lowest BCUT2D eigenvalue weighted by molar-refractivity contribution is -0.154. The van der Waals surface area contributed by atoms with Crippen molar-refractivity contribution in [1.29, 1.82) is 0 Å². The fraction of sp³-hybridized carbons (Fsp3) is 0.515. The number of nitrogens with zero attached hydrogens (tertiary/aromatic N) is 3. The maximum absolute atomic E-state index is 12.8. The zero-order chi connectivity index (χ0) is 33.3. The third-order valence-corrected chi connectivity index (χ3v) is 7.52. The van der Waals surface area contributed by atoms with Gasteiger partial charge >= 0.3 is 12.2 Å². The van der Waals surface area contributed by atoms with Crippen LogP contribution in [0.15, 0.2) is 42.5 Å². The van der Waals surface area contributed by atoms with Crippen molar-refractivity contribution < 1.29 is 32.2 Å². The molecule has 3 aromatic rings. The quantitative estimate of drug-likeness (QED) is 0.244. The Labute approximate surface area is 273 Å². The van der Waals surface area contributed by atoms with Crippen molar-refractivity contribution in [3.8, 4) is 17.5 Å². The second-order valence-electron chi connectivity index (χ2n) is 11.3. The van der Waals surface area contributed by atoms with Crippen LogP contribution in [0.1, 0.15) is 67.3 Å². The average molecular weight is 660 g/mol. The Morgan fingerprint density at radius 2 is 1.66 bits per heavy atom. The highest BCUT2D eigenvalue weighted by atomic mass is 19.4. The molecule has 1 fully saturated rings. The van der Waals surface area contributed by atoms with E-state index in [1.165, 1.54) is 19.4 Å². The predicted octanol–water partition coefficient (Wildman–Crippen LogP) is 6.05. The van der Waals surface area contributed by atoms with Crippen LogP contribution in [0.2, 0.25) is 0 Å². The van der Waals surface area contributed by atoms with Gasteiger partial charge in [0, 0.05) is 30.9 Å². The number of likely N-dealkylation sites (N-methyl/N-ethyl adjacent to an activating group) is 1. The maximum atomic E-state index is 12.8. The van der Waals surface area contributed by atoms with E-state index in [-0.39, 0.29) is 11.9 Å². The number of hydrogen-bond acceptors (Lipinski definition) is 11. The molecule has 4 heterocycles. The molecule has 1 atom stereocenters. The van der Waals surface area contributed by atoms with Crippen LogP contribution in [-0.4, -0.2) is 73.4 Å². The molecular weight excluding hydrogens is 615 g/mol. The highest BCUT2D eigenvalue weighted by Crippen LogP contribution is 2.26. The number of ether oxygens (including phenoxy) is 3. The zero-order valence-electron chi connectivity index (χ0n) is 26.7. The van der Waals surface area contributed by atoms with Gasteiger partial charge in [-0.05, 0) is 69.1 Å². The number of benzene rings is 2. The van der Waals surface area contributed by atoms with Gasteiger partial charge < -0.3 is 35.5 Å². The Bertz CT molecular complexity index is 1370. The van der Waals surface area contributed by atoms with Gasteiger partial charge in [-0.1, -0.05) is 37.8 Å². The minimum absolute atomic E-state index is 0.0179. The van der Waals surface area contributed by atoms with Crippen molar-refractivity contribution in [3.05, 3.63) is 53.6 Å². The molecule has 3 aliphatic heterocycles. The van der Waals surface area contributed by atoms with E-state index in [1.807, 2.05) is 31.3 Å². The van der Waals surface area contributed by atoms with Crippen LogP contribution in [-0.2, 0) is 6.54 Å². The van der Waals surface area contributed by atoms with Gasteiger partial charge in [0.05, 0.1) is 18.8 Å². The first-order chi connectivity index (χ1) is 22.8. The van der Waals surface area contributed by atoms with Gasteiger partial charge in [-0.2, -0.15) is 28.1 Å². The lowest BCUT2D eigenvalue weighted by Gasteiger charge is -2.21. The Hall–Kier alpha value is -4.17. The molecule has 256 valence electrons. The SMILES string of the molecule is CNC1CCCNC1.O=Cc1ccc2cc1OCCCCCCCCOc1ccc(cc1)CNc1nc(nc(OCC(F)(F)F)n1)N2. The molecule has 6 rings (SSSR count). The molecule has 11 nitrogen and oxygen atoms in total. The van der Waals surface area contributed by atoms with Crippen LogP contribution < -0.4 is 35.5 Å². The molecule has 0 saturated carbocycles. The molecule has 1 saturated heterocycles. The number of alkyl halides is 3. The predicted molar refractivity (Wildman–Crippen MR) is 174 cm³/mol. The lowest BCUT2D eigenvalue weighted by Crippen LogP contribution is -2.41. The molecule has 0 spiro atoms. The molecule has 1 unspecified atom stereocenters. The molecule has 0 aliphatic carbocycles. The number of aromatic nitrogens is 3. The Morgan fingerprint density at radius 3 is 2.32 bits per heavy atom. The Balaban J connectivity index is 0.000000546. The van der Waals surface area contributed by atoms with Gasteiger partial charge in [0.15, 0.2) is 12.9 Å². The molecule has 47 heavy (non-hydrogen) atoms. The van der Waals surface area contributed by atoms with Crippen molar-refractivity contribution in [3.63, 3.8) is 0 Å². The van der Waals surface area contributed by atoms with Crippen molar-refractivity contribution in [2.75, 3.05) is 50.6 Å². The number of halogens is 3. The summed E-state index contributed by atoms with van der Waals surface area (Å²) < 4.78 is 54.7. The molecular formula is C33H44F3N7O4. The number of hydrogen-bond donors (Lipinski definition) is 4. The Morgan fingerprint density at radius 1 is 0.936 bits per heavy atom. The first kappa shape index (κ1) is 35.7. The summed E-state index contributed by atoms with van der Waals surface area (Å²) in [5.41, 5.74) is 1.74. The second kappa shape index (κ2) is 18.8. The van der Waals surface area contributed by atoms with Gasteiger partial charge in [-0.15, -0.1) is 0 Å². The highest BCUT2D eigenvalue weighted by Gasteiger charge is 2.29. The molecule has 0 amide bonds. The lowest BCUT2D eigenvalue weighted by atomic mass is 10.1. The minimum atomic E-state index is -4.56. The van der Waals surface area contributed by atoms with Crippen LogP contribution in [0.3, 0.4) is 0 Å². The standard InChI is InChI=1S/C27H30F3N5O4.C6H14N2/c28-27(29,30)18-39-26-34-24-31-16-19-7-11-22(12-8-19)37-13-5-3-1-2-4-6-14-38-23-15-21(10-9-20(23)17-36)32-25(33-24)35-26;1-7-6-3-2-4-8-5-6/h7-12,15,17H,1-6,13-14,16,18H2,(H2,31,32,33,34,35);6-8H,2-5H2,1H3. The minimum Gasteiger partial charge on any atom is -0.494 e. The maximum Gasteiger partial charge on any atom is 0.422 e. The summed E-state index contributed by atoms with van der Waals surface area (Å²) in [6.07, 6.45) is 4.86. The summed E-state index contributed by atoms with van der Waals surface area (Å²) in [6.45, 7) is 2.18. The first-order valence-corrected chi connectivity index (χ1v) is 16.1. The third kappa shape index (κ3) is 13.2. The number of aldehydes is 1. The van der Waals surface area contributed by atoms with Crippen molar-refractivity contribution >= 4 is 23.9 Å². The molecule has 0 radical (unpaired) electrons. The van der Waals surface area contributed by atoms with E-state index in [1.54, 1.807) is 18.2 Å². The highest BCUT2D eigenvalue weighted by molar-refractivity contribution is 5.81. The summed E-state index contributed by atoms with van der Waals surface area (Å²) in [6, 6.07) is 12.6. The number of carbonyl (C=O) groups is 1. The van der Waals surface area contributed by atoms with Gasteiger partial charge in [0.1, 0.15) is 11.5 Å². The summed E-state index contributed by atoms with van der Waals surface area (Å²) in [4.78, 5) is 23.7. The number of carbonyl (C=O) groups excluding carboxylic acids is 1. The van der Waals surface area contributed by atoms with E-state index < -0.39 is 18.8 Å². The van der Waals surface area contributed by atoms with E-state index in [0.29, 0.717) is 43.0 Å². The number of piperidine rings is 1. The van der Waals surface area contributed by atoms with Gasteiger partial charge in [0.2, 0.25) is 11.9 Å². The van der Waals surface area contributed by atoms with Crippen LogP contribution >= 0.6 is 0 Å². The van der Waals surface area contributed by atoms with Crippen LogP contribution in [0.4, 0.5) is 30.8 Å². The van der Waals surface area contributed by atoms with Crippen LogP contribution in [0, 0.1) is 0 Å². The fourth-order valence-corrected chi connectivity index (χ4v) is 4.93. The normalized spacial score (nSPS) is 17.7. The van der Waals surface area contributed by atoms with Gasteiger partial charge in [-0.25, -0.2) is 0 Å². The van der Waals surface area contributed by atoms with Crippen molar-refractivity contribution in [2.24, 2.45) is 0 Å². The largest absolute Gasteiger partial charge is 0.494 e. The molecule has 3 aliphatic rings. The summed E-state index contributed by atoms with van der Waals surface area (Å²) in [7, 11) is 2.03. The molecule has 6 bridgehead atoms. The van der Waals surface area contributed by atoms with Gasteiger partial charge in [-0.3, -0.25) is 4.79 Å². The van der Waals surface area contributed by atoms with E-state index in [9.17, 15) is 18.0 Å². The molecule has 4 N–H and O–H groups in total. The molecule has 1 aromatic heterocycles.